The third-order valence-electron chi connectivity index (χ3n) is 6.18. The molecule has 4 N–H and O–H groups in total. The van der Waals surface area contributed by atoms with Gasteiger partial charge in [0.05, 0.1) is 18.0 Å². The summed E-state index contributed by atoms with van der Waals surface area (Å²) in [6.07, 6.45) is -1.54. The van der Waals surface area contributed by atoms with Gasteiger partial charge in [-0.15, -0.1) is 17.2 Å². The van der Waals surface area contributed by atoms with Crippen LogP contribution in [0.2, 0.25) is 0 Å². The first-order valence-corrected chi connectivity index (χ1v) is 12.6. The smallest absolute Gasteiger partial charge is 0.348 e. The van der Waals surface area contributed by atoms with Crippen molar-refractivity contribution in [2.75, 3.05) is 12.4 Å². The molecule has 37 heavy (non-hydrogen) atoms. The molecule has 2 aromatic carbocycles. The summed E-state index contributed by atoms with van der Waals surface area (Å²) in [5.41, 5.74) is 3.60. The first kappa shape index (κ1) is 28.0. The molecule has 0 aliphatic carbocycles. The minimum Gasteiger partial charge on any atom is -0.508 e. The molecule has 1 fully saturated rings. The zero-order valence-electron chi connectivity index (χ0n) is 20.8. The Labute approximate surface area is 219 Å². The van der Waals surface area contributed by atoms with E-state index < -0.39 is 40.7 Å². The largest absolute Gasteiger partial charge is 0.508 e. The summed E-state index contributed by atoms with van der Waals surface area (Å²) >= 11 is 1.34. The van der Waals surface area contributed by atoms with Crippen molar-refractivity contribution in [3.8, 4) is 11.8 Å². The summed E-state index contributed by atoms with van der Waals surface area (Å²) < 4.78 is -0.725. The van der Waals surface area contributed by atoms with Crippen molar-refractivity contribution in [1.29, 1.82) is 5.26 Å². The summed E-state index contributed by atoms with van der Waals surface area (Å²) in [5, 5.41) is 32.7. The van der Waals surface area contributed by atoms with E-state index in [1.54, 1.807) is 26.8 Å². The summed E-state index contributed by atoms with van der Waals surface area (Å²) in [7, 11) is 0. The topological polar surface area (TPSA) is 152 Å². The van der Waals surface area contributed by atoms with Crippen LogP contribution in [0.3, 0.4) is 0 Å². The van der Waals surface area contributed by atoms with E-state index in [1.807, 2.05) is 30.3 Å². The van der Waals surface area contributed by atoms with Crippen molar-refractivity contribution >= 4 is 29.5 Å². The van der Waals surface area contributed by atoms with Crippen LogP contribution in [-0.4, -0.2) is 68.3 Å². The Morgan fingerprint density at radius 1 is 1.22 bits per heavy atom. The van der Waals surface area contributed by atoms with Gasteiger partial charge in [0, 0.05) is 15.9 Å². The number of hydrogen-bond donors (Lipinski definition) is 4. The highest BCUT2D eigenvalue weighted by atomic mass is 32.2. The van der Waals surface area contributed by atoms with Gasteiger partial charge in [-0.05, 0) is 44.9 Å². The number of aliphatic hydroxyl groups excluding tert-OH is 1. The van der Waals surface area contributed by atoms with Crippen LogP contribution >= 0.6 is 11.8 Å². The number of phenols is 1. The number of nitrogens with zero attached hydrogens (tertiary/aromatic N) is 2. The lowest BCUT2D eigenvalue weighted by Crippen LogP contribution is -2.57. The summed E-state index contributed by atoms with van der Waals surface area (Å²) in [4.78, 5) is 45.7. The number of amides is 2. The highest BCUT2D eigenvalue weighted by Gasteiger charge is 2.51. The number of hydrogen-bond acceptors (Lipinski definition) is 9. The number of aromatic hydroxyl groups is 1. The van der Waals surface area contributed by atoms with E-state index in [1.165, 1.54) is 34.9 Å². The maximum atomic E-state index is 13.5. The minimum atomic E-state index is -1.68. The molecule has 1 aliphatic heterocycles. The second-order valence-electron chi connectivity index (χ2n) is 9.15. The van der Waals surface area contributed by atoms with Crippen LogP contribution in [0.25, 0.3) is 0 Å². The Balaban J connectivity index is 1.86. The second kappa shape index (κ2) is 12.1. The number of aliphatic hydroxyl groups is 1. The number of rotatable bonds is 9. The fourth-order valence-corrected chi connectivity index (χ4v) is 5.26. The molecule has 1 heterocycles. The minimum absolute atomic E-state index is 0.0495. The lowest BCUT2D eigenvalue weighted by atomic mass is 9.97. The summed E-state index contributed by atoms with van der Waals surface area (Å²) in [6, 6.07) is 13.3. The SMILES string of the molecule is Cc1c(O)cccc1C(=O)N[C@@H](Cc1ccccc1)[C@H](O)C(=O)N1CSC(C)(C)[C@H]1C(=O)ONCC#N. The zero-order valence-corrected chi connectivity index (χ0v) is 21.6. The molecule has 1 aliphatic rings. The number of thioether (sulfide) groups is 1. The van der Waals surface area contributed by atoms with Gasteiger partial charge in [0.25, 0.3) is 11.8 Å². The molecule has 3 rings (SSSR count). The molecule has 0 saturated carbocycles. The van der Waals surface area contributed by atoms with E-state index in [0.717, 1.165) is 5.56 Å². The van der Waals surface area contributed by atoms with E-state index in [9.17, 15) is 24.6 Å². The Bertz CT molecular complexity index is 1180. The predicted octanol–water partition coefficient (Wildman–Crippen LogP) is 1.65. The van der Waals surface area contributed by atoms with Crippen molar-refractivity contribution in [3.63, 3.8) is 0 Å². The molecule has 3 atom stereocenters. The number of benzene rings is 2. The molecule has 1 saturated heterocycles. The van der Waals surface area contributed by atoms with E-state index in [4.69, 9.17) is 10.1 Å². The van der Waals surface area contributed by atoms with Crippen molar-refractivity contribution in [2.45, 2.75) is 50.1 Å². The van der Waals surface area contributed by atoms with Crippen LogP contribution in [0.4, 0.5) is 0 Å². The Hall–Kier alpha value is -3.59. The number of hydroxylamine groups is 1. The van der Waals surface area contributed by atoms with Gasteiger partial charge in [-0.3, -0.25) is 9.59 Å². The van der Waals surface area contributed by atoms with Crippen LogP contribution in [0, 0.1) is 18.3 Å². The molecular formula is C26H30N4O6S. The normalized spacial score (nSPS) is 17.9. The molecule has 11 heteroatoms. The summed E-state index contributed by atoms with van der Waals surface area (Å²) in [5.74, 6) is -1.99. The zero-order chi connectivity index (χ0) is 27.2. The highest BCUT2D eigenvalue weighted by Crippen LogP contribution is 2.40. The van der Waals surface area contributed by atoms with Crippen molar-refractivity contribution in [1.82, 2.24) is 15.7 Å². The van der Waals surface area contributed by atoms with Crippen LogP contribution in [-0.2, 0) is 20.8 Å². The summed E-state index contributed by atoms with van der Waals surface area (Å²) in [6.45, 7) is 4.93. The molecule has 2 aromatic rings. The second-order valence-corrected chi connectivity index (χ2v) is 10.8. The number of nitriles is 1. The van der Waals surface area contributed by atoms with Gasteiger partial charge in [-0.1, -0.05) is 36.4 Å². The van der Waals surface area contributed by atoms with Gasteiger partial charge in [-0.2, -0.15) is 5.26 Å². The highest BCUT2D eigenvalue weighted by molar-refractivity contribution is 8.00. The Morgan fingerprint density at radius 3 is 2.59 bits per heavy atom. The van der Waals surface area contributed by atoms with Gasteiger partial charge in [-0.25, -0.2) is 4.79 Å². The number of nitrogens with one attached hydrogen (secondary N) is 2. The van der Waals surface area contributed by atoms with Crippen LogP contribution in [0.5, 0.6) is 5.75 Å². The molecule has 0 aromatic heterocycles. The Kier molecular flexibility index (Phi) is 9.15. The third kappa shape index (κ3) is 6.60. The predicted molar refractivity (Wildman–Crippen MR) is 137 cm³/mol. The molecule has 2 amide bonds. The molecule has 0 spiro atoms. The molecular weight excluding hydrogens is 496 g/mol. The van der Waals surface area contributed by atoms with Crippen LogP contribution in [0.1, 0.15) is 35.3 Å². The first-order valence-electron chi connectivity index (χ1n) is 11.6. The molecule has 0 unspecified atom stereocenters. The van der Waals surface area contributed by atoms with Crippen molar-refractivity contribution in [3.05, 3.63) is 65.2 Å². The first-order chi connectivity index (χ1) is 17.6. The number of carbonyl (C=O) groups excluding carboxylic acids is 3. The van der Waals surface area contributed by atoms with E-state index in [-0.39, 0.29) is 30.2 Å². The molecule has 0 bridgehead atoms. The van der Waals surface area contributed by atoms with Crippen LogP contribution in [0.15, 0.2) is 48.5 Å². The van der Waals surface area contributed by atoms with E-state index in [0.29, 0.717) is 5.56 Å². The quantitative estimate of drug-likeness (QED) is 0.217. The van der Waals surface area contributed by atoms with E-state index >= 15 is 0 Å². The van der Waals surface area contributed by atoms with E-state index in [2.05, 4.69) is 10.8 Å². The van der Waals surface area contributed by atoms with Crippen molar-refractivity contribution < 1.29 is 29.4 Å². The molecule has 0 radical (unpaired) electrons. The maximum Gasteiger partial charge on any atom is 0.348 e. The monoisotopic (exact) mass is 526 g/mol. The fraction of sp³-hybridized carbons (Fsp3) is 0.385. The molecule has 10 nitrogen and oxygen atoms in total. The number of carbonyl (C=O) groups is 3. The van der Waals surface area contributed by atoms with Gasteiger partial charge in [0.15, 0.2) is 6.10 Å². The van der Waals surface area contributed by atoms with Gasteiger partial charge in [0.2, 0.25) is 0 Å². The average molecular weight is 527 g/mol. The fourth-order valence-electron chi connectivity index (χ4n) is 4.13. The lowest BCUT2D eigenvalue weighted by molar-refractivity contribution is -0.163. The Morgan fingerprint density at radius 2 is 1.92 bits per heavy atom. The average Bonchev–Trinajstić information content (AvgIpc) is 3.19. The standard InChI is InChI=1S/C26H30N4O6S/c1-16-18(10-7-11-20(16)31)23(33)29-19(14-17-8-5-4-6-9-17)21(32)24(34)30-15-37-26(2,3)22(30)25(35)36-28-13-12-27/h4-11,19,21-22,28,31-32H,13-15H2,1-3H3,(H,29,33)/t19-,21-,22+/m0/s1. The van der Waals surface area contributed by atoms with Crippen LogP contribution < -0.4 is 10.8 Å². The number of phenolic OH excluding ortho intramolecular Hbond substituents is 1. The molecule has 196 valence electrons. The lowest BCUT2D eigenvalue weighted by Gasteiger charge is -2.32. The maximum absolute atomic E-state index is 13.5. The van der Waals surface area contributed by atoms with Gasteiger partial charge in [0.1, 0.15) is 18.3 Å². The third-order valence-corrected chi connectivity index (χ3v) is 7.55. The van der Waals surface area contributed by atoms with Gasteiger partial charge < -0.3 is 25.3 Å². The van der Waals surface area contributed by atoms with Gasteiger partial charge >= 0.3 is 5.97 Å². The van der Waals surface area contributed by atoms with Crippen molar-refractivity contribution in [2.24, 2.45) is 0 Å².